The molecule has 0 bridgehead atoms. The molecular formula is C15H24N3O5. The number of hydrogen-bond acceptors (Lipinski definition) is 6. The molecule has 129 valence electrons. The van der Waals surface area contributed by atoms with Gasteiger partial charge in [0.15, 0.2) is 5.54 Å². The molecule has 1 radical (unpaired) electrons. The Morgan fingerprint density at radius 2 is 1.87 bits per heavy atom. The number of esters is 1. The van der Waals surface area contributed by atoms with Gasteiger partial charge in [-0.05, 0) is 27.7 Å². The zero-order valence-corrected chi connectivity index (χ0v) is 14.0. The molecule has 23 heavy (non-hydrogen) atoms. The summed E-state index contributed by atoms with van der Waals surface area (Å²) < 4.78 is 5.13. The number of ether oxygens (including phenoxy) is 1. The molecule has 0 aliphatic heterocycles. The van der Waals surface area contributed by atoms with Crippen molar-refractivity contribution in [2.45, 2.75) is 38.8 Å². The predicted molar refractivity (Wildman–Crippen MR) is 83.9 cm³/mol. The molecule has 0 saturated carbocycles. The minimum atomic E-state index is -1.95. The van der Waals surface area contributed by atoms with Crippen molar-refractivity contribution in [3.8, 4) is 0 Å². The van der Waals surface area contributed by atoms with Gasteiger partial charge in [-0.15, -0.1) is 6.58 Å². The van der Waals surface area contributed by atoms with E-state index in [4.69, 9.17) is 10.5 Å². The maximum Gasteiger partial charge on any atom is 0.336 e. The smallest absolute Gasteiger partial charge is 0.336 e. The van der Waals surface area contributed by atoms with E-state index < -0.39 is 28.9 Å². The molecule has 2 amide bonds. The SMILES string of the molecule is C=CCN(CC(=O)NC[C]=O)C(=O)[C@](C)(N)C(=O)OC(C)(C)C. The predicted octanol–water partition coefficient (Wildman–Crippen LogP) is -0.714. The molecule has 0 aliphatic rings. The first-order valence-electron chi connectivity index (χ1n) is 7.00. The normalized spacial score (nSPS) is 13.4. The van der Waals surface area contributed by atoms with Crippen LogP contribution in [0.15, 0.2) is 12.7 Å². The van der Waals surface area contributed by atoms with E-state index in [1.165, 1.54) is 19.3 Å². The molecule has 3 N–H and O–H groups in total. The standard InChI is InChI=1S/C15H24N3O5/c1-6-8-18(10-11(20)17-7-9-19)12(21)15(5,16)13(22)23-14(2,3)4/h6H,1,7-8,10,16H2,2-5H3,(H,17,20)/t15-/m0/s1. The summed E-state index contributed by atoms with van der Waals surface area (Å²) >= 11 is 0. The van der Waals surface area contributed by atoms with E-state index in [1.54, 1.807) is 20.8 Å². The highest BCUT2D eigenvalue weighted by Gasteiger charge is 2.43. The molecule has 0 aliphatic carbocycles. The van der Waals surface area contributed by atoms with Gasteiger partial charge >= 0.3 is 5.97 Å². The maximum atomic E-state index is 12.5. The molecular weight excluding hydrogens is 302 g/mol. The molecule has 1 atom stereocenters. The number of amides is 2. The van der Waals surface area contributed by atoms with Crippen molar-refractivity contribution >= 4 is 24.1 Å². The molecule has 0 spiro atoms. The molecule has 0 saturated heterocycles. The van der Waals surface area contributed by atoms with Crippen LogP contribution >= 0.6 is 0 Å². The third-order valence-corrected chi connectivity index (χ3v) is 2.60. The first-order valence-corrected chi connectivity index (χ1v) is 7.00. The summed E-state index contributed by atoms with van der Waals surface area (Å²) in [5.74, 6) is -2.26. The van der Waals surface area contributed by atoms with Crippen LogP contribution < -0.4 is 11.1 Å². The second kappa shape index (κ2) is 8.42. The number of nitrogens with two attached hydrogens (primary N) is 1. The van der Waals surface area contributed by atoms with Crippen molar-refractivity contribution < 1.29 is 23.9 Å². The van der Waals surface area contributed by atoms with Gasteiger partial charge in [0.25, 0.3) is 5.91 Å². The van der Waals surface area contributed by atoms with Gasteiger partial charge in [0.1, 0.15) is 5.60 Å². The quantitative estimate of drug-likeness (QED) is 0.345. The van der Waals surface area contributed by atoms with Crippen molar-refractivity contribution in [3.63, 3.8) is 0 Å². The molecule has 8 heteroatoms. The zero-order valence-electron chi connectivity index (χ0n) is 14.0. The summed E-state index contributed by atoms with van der Waals surface area (Å²) in [6.07, 6.45) is 2.89. The molecule has 0 fully saturated rings. The molecule has 0 heterocycles. The summed E-state index contributed by atoms with van der Waals surface area (Å²) in [6.45, 7) is 9.00. The van der Waals surface area contributed by atoms with Gasteiger partial charge in [0, 0.05) is 6.54 Å². The minimum absolute atomic E-state index is 0.00659. The second-order valence-electron chi connectivity index (χ2n) is 6.10. The number of carbonyl (C=O) groups excluding carboxylic acids is 4. The summed E-state index contributed by atoms with van der Waals surface area (Å²) in [5, 5.41) is 2.25. The highest BCUT2D eigenvalue weighted by molar-refractivity contribution is 6.07. The fourth-order valence-electron chi connectivity index (χ4n) is 1.54. The van der Waals surface area contributed by atoms with E-state index in [0.29, 0.717) is 0 Å². The zero-order chi connectivity index (χ0) is 18.3. The van der Waals surface area contributed by atoms with Crippen LogP contribution in [0, 0.1) is 0 Å². The summed E-state index contributed by atoms with van der Waals surface area (Å²) in [7, 11) is 0. The van der Waals surface area contributed by atoms with E-state index in [-0.39, 0.29) is 19.6 Å². The molecule has 0 aromatic heterocycles. The van der Waals surface area contributed by atoms with Crippen molar-refractivity contribution in [1.82, 2.24) is 10.2 Å². The van der Waals surface area contributed by atoms with Crippen molar-refractivity contribution in [2.24, 2.45) is 5.73 Å². The van der Waals surface area contributed by atoms with Crippen molar-refractivity contribution in [2.75, 3.05) is 19.6 Å². The highest BCUT2D eigenvalue weighted by atomic mass is 16.6. The Morgan fingerprint density at radius 1 is 1.30 bits per heavy atom. The summed E-state index contributed by atoms with van der Waals surface area (Å²) in [6, 6.07) is 0. The van der Waals surface area contributed by atoms with Crippen LogP contribution in [0.2, 0.25) is 0 Å². The Labute approximate surface area is 136 Å². The van der Waals surface area contributed by atoms with Gasteiger partial charge in [-0.2, -0.15) is 0 Å². The van der Waals surface area contributed by atoms with E-state index >= 15 is 0 Å². The largest absolute Gasteiger partial charge is 0.458 e. The molecule has 0 rings (SSSR count). The van der Waals surface area contributed by atoms with E-state index in [0.717, 1.165) is 4.90 Å². The number of carbonyl (C=O) groups is 3. The minimum Gasteiger partial charge on any atom is -0.458 e. The lowest BCUT2D eigenvalue weighted by Crippen LogP contribution is -2.61. The topological polar surface area (TPSA) is 119 Å². The molecule has 0 aromatic rings. The van der Waals surface area contributed by atoms with Crippen LogP contribution in [0.5, 0.6) is 0 Å². The lowest BCUT2D eigenvalue weighted by Gasteiger charge is -2.31. The third-order valence-electron chi connectivity index (χ3n) is 2.60. The van der Waals surface area contributed by atoms with E-state index in [1.807, 2.05) is 0 Å². The van der Waals surface area contributed by atoms with E-state index in [2.05, 4.69) is 11.9 Å². The van der Waals surface area contributed by atoms with Gasteiger partial charge in [-0.3, -0.25) is 14.4 Å². The lowest BCUT2D eigenvalue weighted by atomic mass is 10.0. The summed E-state index contributed by atoms with van der Waals surface area (Å²) in [4.78, 5) is 47.4. The highest BCUT2D eigenvalue weighted by Crippen LogP contribution is 2.15. The summed E-state index contributed by atoms with van der Waals surface area (Å²) in [5.41, 5.74) is 3.07. The van der Waals surface area contributed by atoms with Crippen molar-refractivity contribution in [3.05, 3.63) is 12.7 Å². The Bertz CT molecular complexity index is 480. The van der Waals surface area contributed by atoms with E-state index in [9.17, 15) is 19.2 Å². The Kier molecular flexibility index (Phi) is 7.61. The maximum absolute atomic E-state index is 12.5. The lowest BCUT2D eigenvalue weighted by molar-refractivity contribution is -0.166. The van der Waals surface area contributed by atoms with Gasteiger partial charge < -0.3 is 20.7 Å². The van der Waals surface area contributed by atoms with Crippen LogP contribution in [0.25, 0.3) is 0 Å². The van der Waals surface area contributed by atoms with Crippen LogP contribution in [0.4, 0.5) is 0 Å². The third kappa shape index (κ3) is 7.05. The number of rotatable bonds is 8. The Morgan fingerprint density at radius 3 is 2.30 bits per heavy atom. The van der Waals surface area contributed by atoms with Crippen molar-refractivity contribution in [1.29, 1.82) is 0 Å². The Hall–Kier alpha value is -2.22. The number of nitrogens with zero attached hydrogens (tertiary/aromatic N) is 1. The second-order valence-corrected chi connectivity index (χ2v) is 6.10. The van der Waals surface area contributed by atoms with Crippen LogP contribution in [0.1, 0.15) is 27.7 Å². The van der Waals surface area contributed by atoms with Gasteiger partial charge in [0.05, 0.1) is 13.1 Å². The van der Waals surface area contributed by atoms with Crippen LogP contribution in [-0.4, -0.2) is 59.7 Å². The fraction of sp³-hybridized carbons (Fsp3) is 0.600. The fourth-order valence-corrected chi connectivity index (χ4v) is 1.54. The first kappa shape index (κ1) is 20.8. The monoisotopic (exact) mass is 326 g/mol. The molecule has 8 nitrogen and oxygen atoms in total. The first-order chi connectivity index (χ1) is 10.5. The van der Waals surface area contributed by atoms with Gasteiger partial charge in [-0.25, -0.2) is 4.79 Å². The average molecular weight is 326 g/mol. The van der Waals surface area contributed by atoms with Crippen LogP contribution in [-0.2, 0) is 23.9 Å². The number of hydrogen-bond donors (Lipinski definition) is 2. The molecule has 0 unspecified atom stereocenters. The van der Waals surface area contributed by atoms with Gasteiger partial charge in [0.2, 0.25) is 12.2 Å². The Balaban J connectivity index is 5.12. The average Bonchev–Trinajstić information content (AvgIpc) is 2.41. The van der Waals surface area contributed by atoms with Crippen LogP contribution in [0.3, 0.4) is 0 Å². The number of nitrogens with one attached hydrogen (secondary N) is 1. The van der Waals surface area contributed by atoms with Gasteiger partial charge in [-0.1, -0.05) is 6.08 Å². The molecule has 0 aromatic carbocycles.